The van der Waals surface area contributed by atoms with Gasteiger partial charge < -0.3 is 10.6 Å². The van der Waals surface area contributed by atoms with Crippen LogP contribution in [-0.4, -0.2) is 20.1 Å². The SMILES string of the molecule is C1CCNCC1.CNc1cc(Cl)cc(Cl)c1. The molecule has 0 unspecified atom stereocenters. The van der Waals surface area contributed by atoms with Crippen LogP contribution in [0.5, 0.6) is 0 Å². The first-order valence-corrected chi connectivity index (χ1v) is 6.32. The largest absolute Gasteiger partial charge is 0.388 e. The van der Waals surface area contributed by atoms with Crippen LogP contribution in [0.2, 0.25) is 10.0 Å². The van der Waals surface area contributed by atoms with Crippen LogP contribution in [0.3, 0.4) is 0 Å². The molecule has 4 heteroatoms. The maximum Gasteiger partial charge on any atom is 0.0441 e. The zero-order valence-electron chi connectivity index (χ0n) is 9.52. The van der Waals surface area contributed by atoms with Gasteiger partial charge >= 0.3 is 0 Å². The maximum absolute atomic E-state index is 5.70. The molecular weight excluding hydrogens is 243 g/mol. The predicted octanol–water partition coefficient (Wildman–Crippen LogP) is 3.80. The Kier molecular flexibility index (Phi) is 6.62. The summed E-state index contributed by atoms with van der Waals surface area (Å²) in [7, 11) is 1.82. The van der Waals surface area contributed by atoms with E-state index in [1.54, 1.807) is 6.07 Å². The molecule has 2 N–H and O–H groups in total. The lowest BCUT2D eigenvalue weighted by Gasteiger charge is -2.08. The molecule has 1 aliphatic heterocycles. The lowest BCUT2D eigenvalue weighted by atomic mass is 10.2. The Hall–Kier alpha value is -0.440. The van der Waals surface area contributed by atoms with Crippen molar-refractivity contribution in [2.45, 2.75) is 19.3 Å². The van der Waals surface area contributed by atoms with Gasteiger partial charge in [-0.3, -0.25) is 0 Å². The molecule has 1 aliphatic rings. The van der Waals surface area contributed by atoms with Crippen LogP contribution in [0.25, 0.3) is 0 Å². The van der Waals surface area contributed by atoms with E-state index in [9.17, 15) is 0 Å². The Bertz CT molecular complexity index is 280. The van der Waals surface area contributed by atoms with Crippen LogP contribution in [-0.2, 0) is 0 Å². The first-order chi connectivity index (χ1) is 7.72. The second kappa shape index (κ2) is 7.77. The van der Waals surface area contributed by atoms with E-state index in [1.807, 2.05) is 19.2 Å². The van der Waals surface area contributed by atoms with Crippen molar-refractivity contribution in [3.63, 3.8) is 0 Å². The fourth-order valence-corrected chi connectivity index (χ4v) is 2.03. The number of halogens is 2. The van der Waals surface area contributed by atoms with Crippen LogP contribution >= 0.6 is 23.2 Å². The van der Waals surface area contributed by atoms with Crippen molar-refractivity contribution in [2.24, 2.45) is 0 Å². The molecule has 1 fully saturated rings. The van der Waals surface area contributed by atoms with E-state index in [0.29, 0.717) is 10.0 Å². The Labute approximate surface area is 107 Å². The van der Waals surface area contributed by atoms with Gasteiger partial charge in [0.05, 0.1) is 0 Å². The number of piperidine rings is 1. The van der Waals surface area contributed by atoms with Gasteiger partial charge in [-0.05, 0) is 44.1 Å². The van der Waals surface area contributed by atoms with Crippen molar-refractivity contribution < 1.29 is 0 Å². The number of nitrogens with one attached hydrogen (secondary N) is 2. The van der Waals surface area contributed by atoms with Crippen LogP contribution < -0.4 is 10.6 Å². The van der Waals surface area contributed by atoms with Crippen molar-refractivity contribution >= 4 is 28.9 Å². The Morgan fingerprint density at radius 1 is 1.00 bits per heavy atom. The summed E-state index contributed by atoms with van der Waals surface area (Å²) in [6.45, 7) is 2.50. The van der Waals surface area contributed by atoms with Crippen molar-refractivity contribution in [2.75, 3.05) is 25.5 Å². The highest BCUT2D eigenvalue weighted by Crippen LogP contribution is 2.21. The van der Waals surface area contributed by atoms with Crippen LogP contribution in [0.1, 0.15) is 19.3 Å². The molecule has 0 aliphatic carbocycles. The van der Waals surface area contributed by atoms with Gasteiger partial charge in [-0.2, -0.15) is 0 Å². The molecule has 0 amide bonds. The summed E-state index contributed by atoms with van der Waals surface area (Å²) >= 11 is 11.4. The van der Waals surface area contributed by atoms with E-state index in [0.717, 1.165) is 5.69 Å². The average Bonchev–Trinajstić information content (AvgIpc) is 2.31. The summed E-state index contributed by atoms with van der Waals surface area (Å²) in [5.74, 6) is 0. The number of hydrogen-bond acceptors (Lipinski definition) is 2. The van der Waals surface area contributed by atoms with Gasteiger partial charge in [-0.15, -0.1) is 0 Å². The molecule has 0 saturated carbocycles. The third-order valence-corrected chi connectivity index (χ3v) is 2.79. The van der Waals surface area contributed by atoms with Crippen LogP contribution in [0, 0.1) is 0 Å². The first kappa shape index (κ1) is 13.6. The topological polar surface area (TPSA) is 24.1 Å². The van der Waals surface area contributed by atoms with Crippen molar-refractivity contribution in [3.8, 4) is 0 Å². The number of rotatable bonds is 1. The average molecular weight is 261 g/mol. The molecule has 0 atom stereocenters. The van der Waals surface area contributed by atoms with E-state index in [2.05, 4.69) is 10.6 Å². The predicted molar refractivity (Wildman–Crippen MR) is 72.7 cm³/mol. The summed E-state index contributed by atoms with van der Waals surface area (Å²) in [5, 5.41) is 7.52. The smallest absolute Gasteiger partial charge is 0.0441 e. The van der Waals surface area contributed by atoms with E-state index in [1.165, 1.54) is 32.4 Å². The Morgan fingerprint density at radius 3 is 1.88 bits per heavy atom. The fraction of sp³-hybridized carbons (Fsp3) is 0.500. The van der Waals surface area contributed by atoms with Gasteiger partial charge in [-0.25, -0.2) is 0 Å². The monoisotopic (exact) mass is 260 g/mol. The van der Waals surface area contributed by atoms with Gasteiger partial charge in [0.1, 0.15) is 0 Å². The van der Waals surface area contributed by atoms with E-state index in [-0.39, 0.29) is 0 Å². The first-order valence-electron chi connectivity index (χ1n) is 5.57. The van der Waals surface area contributed by atoms with Crippen molar-refractivity contribution in [3.05, 3.63) is 28.2 Å². The molecule has 0 radical (unpaired) electrons. The molecule has 0 bridgehead atoms. The second-order valence-corrected chi connectivity index (χ2v) is 4.59. The van der Waals surface area contributed by atoms with Gasteiger partial charge in [0, 0.05) is 22.8 Å². The third kappa shape index (κ3) is 5.59. The summed E-state index contributed by atoms with van der Waals surface area (Å²) < 4.78 is 0. The van der Waals surface area contributed by atoms with Gasteiger partial charge in [0.25, 0.3) is 0 Å². The summed E-state index contributed by atoms with van der Waals surface area (Å²) in [6.07, 6.45) is 4.22. The highest BCUT2D eigenvalue weighted by atomic mass is 35.5. The minimum Gasteiger partial charge on any atom is -0.388 e. The fourth-order valence-electron chi connectivity index (χ4n) is 1.50. The molecule has 2 nitrogen and oxygen atoms in total. The molecular formula is C12H18Cl2N2. The molecule has 2 rings (SSSR count). The van der Waals surface area contributed by atoms with E-state index < -0.39 is 0 Å². The van der Waals surface area contributed by atoms with E-state index in [4.69, 9.17) is 23.2 Å². The Morgan fingerprint density at radius 2 is 1.56 bits per heavy atom. The molecule has 0 spiro atoms. The molecule has 0 aromatic heterocycles. The molecule has 90 valence electrons. The minimum atomic E-state index is 0.650. The van der Waals surface area contributed by atoms with E-state index >= 15 is 0 Å². The van der Waals surface area contributed by atoms with Crippen LogP contribution in [0.4, 0.5) is 5.69 Å². The van der Waals surface area contributed by atoms with Crippen LogP contribution in [0.15, 0.2) is 18.2 Å². The minimum absolute atomic E-state index is 0.650. The number of anilines is 1. The lowest BCUT2D eigenvalue weighted by Crippen LogP contribution is -2.21. The van der Waals surface area contributed by atoms with Gasteiger partial charge in [-0.1, -0.05) is 29.6 Å². The normalized spacial score (nSPS) is 14.9. The Balaban J connectivity index is 0.000000181. The molecule has 1 aromatic carbocycles. The van der Waals surface area contributed by atoms with Gasteiger partial charge in [0.2, 0.25) is 0 Å². The second-order valence-electron chi connectivity index (χ2n) is 3.72. The summed E-state index contributed by atoms with van der Waals surface area (Å²) in [6, 6.07) is 5.32. The third-order valence-electron chi connectivity index (χ3n) is 2.36. The highest BCUT2D eigenvalue weighted by Gasteiger charge is 1.94. The number of hydrogen-bond donors (Lipinski definition) is 2. The zero-order valence-corrected chi connectivity index (χ0v) is 11.0. The number of benzene rings is 1. The summed E-state index contributed by atoms with van der Waals surface area (Å²) in [4.78, 5) is 0. The molecule has 1 saturated heterocycles. The maximum atomic E-state index is 5.70. The quantitative estimate of drug-likeness (QED) is 0.803. The van der Waals surface area contributed by atoms with Crippen molar-refractivity contribution in [1.82, 2.24) is 5.32 Å². The summed E-state index contributed by atoms with van der Waals surface area (Å²) in [5.41, 5.74) is 0.928. The molecule has 1 aromatic rings. The highest BCUT2D eigenvalue weighted by molar-refractivity contribution is 6.35. The zero-order chi connectivity index (χ0) is 11.8. The van der Waals surface area contributed by atoms with Crippen molar-refractivity contribution in [1.29, 1.82) is 0 Å². The standard InChI is InChI=1S/C7H7Cl2N.C5H11N/c1-10-7-3-5(8)2-6(9)4-7;1-2-4-6-5-3-1/h2-4,10H,1H3;6H,1-5H2. The van der Waals surface area contributed by atoms with Gasteiger partial charge in [0.15, 0.2) is 0 Å². The lowest BCUT2D eigenvalue weighted by molar-refractivity contribution is 0.520. The molecule has 16 heavy (non-hydrogen) atoms. The molecule has 1 heterocycles.